The Bertz CT molecular complexity index is 945. The molecule has 0 spiro atoms. The van der Waals surface area contributed by atoms with E-state index < -0.39 is 10.0 Å². The molecule has 156 valence electrons. The lowest BCUT2D eigenvalue weighted by atomic mass is 10.2. The predicted molar refractivity (Wildman–Crippen MR) is 115 cm³/mol. The van der Waals surface area contributed by atoms with Crippen LogP contribution in [0.3, 0.4) is 0 Å². The third-order valence-electron chi connectivity index (χ3n) is 4.99. The van der Waals surface area contributed by atoms with Crippen LogP contribution in [0, 0.1) is 0 Å². The third kappa shape index (κ3) is 5.20. The molecule has 29 heavy (non-hydrogen) atoms. The molecule has 8 heteroatoms. The largest absolute Gasteiger partial charge is 0.497 e. The van der Waals surface area contributed by atoms with Crippen molar-refractivity contribution < 1.29 is 17.9 Å². The molecule has 1 heterocycles. The Morgan fingerprint density at radius 2 is 1.93 bits per heavy atom. The zero-order valence-electron chi connectivity index (χ0n) is 16.8. The van der Waals surface area contributed by atoms with Crippen LogP contribution in [0.2, 0.25) is 0 Å². The van der Waals surface area contributed by atoms with Crippen molar-refractivity contribution in [1.82, 2.24) is 5.32 Å². The summed E-state index contributed by atoms with van der Waals surface area (Å²) in [5.41, 5.74) is 2.03. The number of methoxy groups -OCH3 is 1. The van der Waals surface area contributed by atoms with E-state index >= 15 is 0 Å². The number of nitrogens with zero attached hydrogens (tertiary/aromatic N) is 2. The van der Waals surface area contributed by atoms with Crippen LogP contribution in [0.15, 0.2) is 48.5 Å². The molecular weight excluding hydrogens is 390 g/mol. The average molecular weight is 418 g/mol. The monoisotopic (exact) mass is 417 g/mol. The van der Waals surface area contributed by atoms with Crippen LogP contribution >= 0.6 is 0 Å². The van der Waals surface area contributed by atoms with Gasteiger partial charge in [0.25, 0.3) is 5.91 Å². The van der Waals surface area contributed by atoms with Gasteiger partial charge in [0.1, 0.15) is 5.75 Å². The van der Waals surface area contributed by atoms with Gasteiger partial charge in [-0.3, -0.25) is 9.10 Å². The van der Waals surface area contributed by atoms with Crippen LogP contribution < -0.4 is 19.3 Å². The first-order chi connectivity index (χ1) is 13.9. The smallest absolute Gasteiger partial charge is 0.251 e. The van der Waals surface area contributed by atoms with Crippen LogP contribution in [-0.2, 0) is 10.0 Å². The molecule has 0 atom stereocenters. The van der Waals surface area contributed by atoms with Gasteiger partial charge in [-0.05, 0) is 55.3 Å². The minimum absolute atomic E-state index is 0.154. The lowest BCUT2D eigenvalue weighted by Gasteiger charge is -2.28. The minimum Gasteiger partial charge on any atom is -0.497 e. The number of anilines is 2. The van der Waals surface area contributed by atoms with Gasteiger partial charge in [-0.2, -0.15) is 0 Å². The molecule has 1 fully saturated rings. The fraction of sp³-hybridized carbons (Fsp3) is 0.381. The Labute approximate surface area is 172 Å². The molecule has 7 nitrogen and oxygen atoms in total. The Morgan fingerprint density at radius 3 is 2.62 bits per heavy atom. The first-order valence-corrected chi connectivity index (χ1v) is 11.3. The molecule has 0 saturated carbocycles. The van der Waals surface area contributed by atoms with Gasteiger partial charge in [0.15, 0.2) is 0 Å². The molecule has 0 bridgehead atoms. The second-order valence-electron chi connectivity index (χ2n) is 7.02. The number of rotatable bonds is 7. The van der Waals surface area contributed by atoms with Gasteiger partial charge in [-0.1, -0.05) is 6.07 Å². The Hall–Kier alpha value is -2.74. The lowest BCUT2D eigenvalue weighted by molar-refractivity contribution is 0.0954. The molecule has 0 unspecified atom stereocenters. The van der Waals surface area contributed by atoms with Crippen molar-refractivity contribution in [3.8, 4) is 5.75 Å². The third-order valence-corrected chi connectivity index (χ3v) is 6.86. The van der Waals surface area contributed by atoms with E-state index in [1.165, 1.54) is 4.31 Å². The number of hydrogen-bond donors (Lipinski definition) is 1. The maximum atomic E-state index is 12.5. The molecule has 0 radical (unpaired) electrons. The second kappa shape index (κ2) is 9.17. The highest BCUT2D eigenvalue weighted by Crippen LogP contribution is 2.24. The Morgan fingerprint density at radius 1 is 1.17 bits per heavy atom. The summed E-state index contributed by atoms with van der Waals surface area (Å²) >= 11 is 0. The molecule has 0 aliphatic carbocycles. The van der Waals surface area contributed by atoms with Gasteiger partial charge < -0.3 is 15.0 Å². The summed E-state index contributed by atoms with van der Waals surface area (Å²) < 4.78 is 31.2. The molecule has 2 aromatic carbocycles. The number of carbonyl (C=O) groups is 1. The van der Waals surface area contributed by atoms with Gasteiger partial charge >= 0.3 is 0 Å². The van der Waals surface area contributed by atoms with E-state index in [1.54, 1.807) is 31.4 Å². The average Bonchev–Trinajstić information content (AvgIpc) is 2.73. The van der Waals surface area contributed by atoms with Gasteiger partial charge in [-0.25, -0.2) is 8.42 Å². The maximum Gasteiger partial charge on any atom is 0.251 e. The van der Waals surface area contributed by atoms with Crippen molar-refractivity contribution in [1.29, 1.82) is 0 Å². The molecule has 1 amide bonds. The summed E-state index contributed by atoms with van der Waals surface area (Å²) in [5.74, 6) is 0.733. The fourth-order valence-electron chi connectivity index (χ4n) is 3.29. The van der Waals surface area contributed by atoms with Crippen LogP contribution in [0.25, 0.3) is 0 Å². The van der Waals surface area contributed by atoms with Crippen LogP contribution in [-0.4, -0.2) is 53.9 Å². The van der Waals surface area contributed by atoms with E-state index in [4.69, 9.17) is 4.74 Å². The number of benzene rings is 2. The van der Waals surface area contributed by atoms with Crippen molar-refractivity contribution in [3.63, 3.8) is 0 Å². The van der Waals surface area contributed by atoms with Crippen molar-refractivity contribution in [2.24, 2.45) is 0 Å². The van der Waals surface area contributed by atoms with Gasteiger partial charge in [-0.15, -0.1) is 0 Å². The molecule has 1 aliphatic heterocycles. The van der Waals surface area contributed by atoms with E-state index in [-0.39, 0.29) is 11.7 Å². The van der Waals surface area contributed by atoms with Crippen LogP contribution in [0.5, 0.6) is 5.75 Å². The first kappa shape index (κ1) is 21.0. The van der Waals surface area contributed by atoms with E-state index in [2.05, 4.69) is 5.32 Å². The number of amides is 1. The van der Waals surface area contributed by atoms with Gasteiger partial charge in [0.2, 0.25) is 10.0 Å². The second-order valence-corrected chi connectivity index (χ2v) is 9.03. The Kier molecular flexibility index (Phi) is 6.64. The van der Waals surface area contributed by atoms with Crippen LogP contribution in [0.4, 0.5) is 11.4 Å². The van der Waals surface area contributed by atoms with E-state index in [0.717, 1.165) is 17.9 Å². The molecule has 1 aliphatic rings. The summed E-state index contributed by atoms with van der Waals surface area (Å²) in [6, 6.07) is 14.5. The van der Waals surface area contributed by atoms with Crippen molar-refractivity contribution >= 4 is 27.3 Å². The highest BCUT2D eigenvalue weighted by molar-refractivity contribution is 7.92. The minimum atomic E-state index is -3.30. The fourth-order valence-corrected chi connectivity index (χ4v) is 4.92. The van der Waals surface area contributed by atoms with Gasteiger partial charge in [0, 0.05) is 37.9 Å². The Balaban J connectivity index is 1.58. The summed E-state index contributed by atoms with van der Waals surface area (Å²) in [6.07, 6.45) is 1.51. The highest BCUT2D eigenvalue weighted by atomic mass is 32.2. The van der Waals surface area contributed by atoms with E-state index in [0.29, 0.717) is 37.3 Å². The zero-order chi connectivity index (χ0) is 20.9. The summed E-state index contributed by atoms with van der Waals surface area (Å²) in [7, 11) is 0.286. The quantitative estimate of drug-likeness (QED) is 0.749. The molecular formula is C21H27N3O4S. The molecule has 1 saturated heterocycles. The summed E-state index contributed by atoms with van der Waals surface area (Å²) in [4.78, 5) is 14.6. The molecule has 2 aromatic rings. The zero-order valence-corrected chi connectivity index (χ0v) is 17.6. The number of hydrogen-bond acceptors (Lipinski definition) is 5. The summed E-state index contributed by atoms with van der Waals surface area (Å²) in [5, 5.41) is 2.90. The SMILES string of the molecule is COc1ccc(N(C)CCNC(=O)c2cccc(N3CCCCS3(=O)=O)c2)cc1. The van der Waals surface area contributed by atoms with Crippen molar-refractivity contribution in [2.45, 2.75) is 12.8 Å². The predicted octanol–water partition coefficient (Wildman–Crippen LogP) is 2.49. The molecule has 1 N–H and O–H groups in total. The van der Waals surface area contributed by atoms with Crippen molar-refractivity contribution in [3.05, 3.63) is 54.1 Å². The lowest BCUT2D eigenvalue weighted by Crippen LogP contribution is -2.38. The molecule has 0 aromatic heterocycles. The standard InChI is InChI=1S/C21H27N3O4S/c1-23(18-8-10-20(28-2)11-9-18)14-12-22-21(25)17-6-5-7-19(16-17)24-13-3-4-15-29(24,26)27/h5-11,16H,3-4,12-15H2,1-2H3,(H,22,25). The number of ether oxygens (including phenoxy) is 1. The number of nitrogens with one attached hydrogen (secondary N) is 1. The molecule has 3 rings (SSSR count). The number of carbonyl (C=O) groups excluding carboxylic acids is 1. The highest BCUT2D eigenvalue weighted by Gasteiger charge is 2.26. The van der Waals surface area contributed by atoms with Gasteiger partial charge in [0.05, 0.1) is 18.6 Å². The van der Waals surface area contributed by atoms with E-state index in [9.17, 15) is 13.2 Å². The number of sulfonamides is 1. The van der Waals surface area contributed by atoms with Crippen molar-refractivity contribution in [2.75, 3.05) is 48.7 Å². The maximum absolute atomic E-state index is 12.5. The normalized spacial score (nSPS) is 15.6. The number of likely N-dealkylation sites (N-methyl/N-ethyl adjacent to an activating group) is 1. The first-order valence-electron chi connectivity index (χ1n) is 9.64. The topological polar surface area (TPSA) is 79.0 Å². The van der Waals surface area contributed by atoms with Crippen LogP contribution in [0.1, 0.15) is 23.2 Å². The van der Waals surface area contributed by atoms with E-state index in [1.807, 2.05) is 36.2 Å². The summed E-state index contributed by atoms with van der Waals surface area (Å²) in [6.45, 7) is 1.56.